The summed E-state index contributed by atoms with van der Waals surface area (Å²) in [6, 6.07) is 20.2. The number of hydrogen-bond acceptors (Lipinski definition) is 6. The molecule has 1 heterocycles. The number of ether oxygens (including phenoxy) is 1. The first-order chi connectivity index (χ1) is 17.5. The van der Waals surface area contributed by atoms with Gasteiger partial charge in [-0.15, -0.1) is 0 Å². The van der Waals surface area contributed by atoms with Gasteiger partial charge in [0.2, 0.25) is 0 Å². The van der Waals surface area contributed by atoms with Gasteiger partial charge in [0.1, 0.15) is 5.75 Å². The number of rotatable bonds is 5. The largest absolute Gasteiger partial charge is 0.507 e. The van der Waals surface area contributed by atoms with Crippen molar-refractivity contribution in [2.75, 3.05) is 12.4 Å². The summed E-state index contributed by atoms with van der Waals surface area (Å²) in [4.78, 5) is 24.2. The van der Waals surface area contributed by atoms with E-state index in [1.54, 1.807) is 18.2 Å². The second-order valence-electron chi connectivity index (χ2n) is 9.05. The highest BCUT2D eigenvalue weighted by Crippen LogP contribution is 2.50. The molecule has 1 aliphatic carbocycles. The average molecular weight is 482 g/mol. The normalized spacial score (nSPS) is 20.2. The number of nitrogens with one attached hydrogen (secondary N) is 2. The van der Waals surface area contributed by atoms with Crippen molar-refractivity contribution in [3.05, 3.63) is 107 Å². The maximum absolute atomic E-state index is 12.4. The number of carbonyl (C=O) groups excluding carboxylic acids is 2. The van der Waals surface area contributed by atoms with Crippen LogP contribution < -0.4 is 10.7 Å². The molecule has 3 aromatic rings. The Morgan fingerprint density at radius 1 is 1.06 bits per heavy atom. The molecule has 3 aromatic carbocycles. The van der Waals surface area contributed by atoms with Gasteiger partial charge < -0.3 is 15.2 Å². The van der Waals surface area contributed by atoms with E-state index in [9.17, 15) is 14.7 Å². The van der Waals surface area contributed by atoms with Gasteiger partial charge in [0.05, 0.1) is 30.0 Å². The van der Waals surface area contributed by atoms with Gasteiger partial charge in [-0.3, -0.25) is 4.79 Å². The van der Waals surface area contributed by atoms with Crippen molar-refractivity contribution in [1.82, 2.24) is 5.43 Å². The summed E-state index contributed by atoms with van der Waals surface area (Å²) in [6.45, 7) is 1.84. The SMILES string of the molecule is COC(=O)c1ccc([C@@H]2Nc3ccc(/C(C)=N\NC(=O)c4ccccc4O)cc3[C@@H]3C=CC[C@@H]32)cc1. The number of carbonyl (C=O) groups is 2. The molecule has 0 bridgehead atoms. The summed E-state index contributed by atoms with van der Waals surface area (Å²) in [5.74, 6) is -0.307. The molecule has 0 saturated carbocycles. The number of anilines is 1. The number of aromatic hydroxyl groups is 1. The lowest BCUT2D eigenvalue weighted by Crippen LogP contribution is -2.29. The van der Waals surface area contributed by atoms with Crippen molar-refractivity contribution in [3.8, 4) is 5.75 Å². The summed E-state index contributed by atoms with van der Waals surface area (Å²) in [5.41, 5.74) is 8.19. The minimum absolute atomic E-state index is 0.0868. The Morgan fingerprint density at radius 3 is 2.56 bits per heavy atom. The third kappa shape index (κ3) is 4.35. The fourth-order valence-electron chi connectivity index (χ4n) is 5.02. The molecule has 0 spiro atoms. The Morgan fingerprint density at radius 2 is 1.81 bits per heavy atom. The lowest BCUT2D eigenvalue weighted by Gasteiger charge is -2.37. The highest BCUT2D eigenvalue weighted by atomic mass is 16.5. The highest BCUT2D eigenvalue weighted by molar-refractivity contribution is 6.02. The number of phenolic OH excluding ortho intramolecular Hbond substituents is 1. The standard InChI is InChI=1S/C29H27N3O4/c1-17(31-32-28(34)23-6-3-4-9-26(23)33)20-14-15-25-24(16-20)21-7-5-8-22(21)27(30-25)18-10-12-19(13-11-18)29(35)36-2/h3-7,9-16,21-22,27,30,33H,8H2,1-2H3,(H,32,34)/b31-17-/t21-,22+,27+/m1/s1. The summed E-state index contributed by atoms with van der Waals surface area (Å²) in [7, 11) is 1.38. The van der Waals surface area contributed by atoms with Crippen molar-refractivity contribution in [1.29, 1.82) is 0 Å². The van der Waals surface area contributed by atoms with Gasteiger partial charge in [0.25, 0.3) is 5.91 Å². The highest BCUT2D eigenvalue weighted by Gasteiger charge is 2.38. The summed E-state index contributed by atoms with van der Waals surface area (Å²) < 4.78 is 4.82. The van der Waals surface area contributed by atoms with Crippen LogP contribution in [0.25, 0.3) is 0 Å². The first-order valence-corrected chi connectivity index (χ1v) is 11.8. The number of fused-ring (bicyclic) bond motifs is 3. The van der Waals surface area contributed by atoms with Crippen LogP contribution >= 0.6 is 0 Å². The molecule has 1 aliphatic heterocycles. The van der Waals surface area contributed by atoms with Gasteiger partial charge in [0, 0.05) is 11.6 Å². The van der Waals surface area contributed by atoms with Gasteiger partial charge in [-0.05, 0) is 72.4 Å². The van der Waals surface area contributed by atoms with Crippen LogP contribution in [-0.2, 0) is 4.74 Å². The number of nitrogens with zero attached hydrogens (tertiary/aromatic N) is 1. The fourth-order valence-corrected chi connectivity index (χ4v) is 5.02. The van der Waals surface area contributed by atoms with Crippen molar-refractivity contribution < 1.29 is 19.4 Å². The molecule has 36 heavy (non-hydrogen) atoms. The molecular formula is C29H27N3O4. The monoisotopic (exact) mass is 481 g/mol. The molecule has 1 amide bonds. The zero-order valence-corrected chi connectivity index (χ0v) is 20.1. The molecule has 0 fully saturated rings. The van der Waals surface area contributed by atoms with E-state index in [2.05, 4.69) is 34.1 Å². The third-order valence-corrected chi connectivity index (χ3v) is 6.95. The third-order valence-electron chi connectivity index (χ3n) is 6.95. The maximum atomic E-state index is 12.4. The van der Waals surface area contributed by atoms with Gasteiger partial charge >= 0.3 is 5.97 Å². The Kier molecular flexibility index (Phi) is 6.29. The number of para-hydroxylation sites is 1. The average Bonchev–Trinajstić information content (AvgIpc) is 3.41. The Balaban J connectivity index is 1.38. The smallest absolute Gasteiger partial charge is 0.337 e. The molecule has 0 aromatic heterocycles. The molecule has 0 unspecified atom stereocenters. The van der Waals surface area contributed by atoms with Crippen molar-refractivity contribution in [2.24, 2.45) is 11.0 Å². The van der Waals surface area contributed by atoms with Crippen LogP contribution in [0.4, 0.5) is 5.69 Å². The van der Waals surface area contributed by atoms with E-state index >= 15 is 0 Å². The topological polar surface area (TPSA) is 100 Å². The number of methoxy groups -OCH3 is 1. The molecule has 0 radical (unpaired) electrons. The van der Waals surface area contributed by atoms with Crippen LogP contribution in [0.3, 0.4) is 0 Å². The molecule has 0 saturated heterocycles. The molecule has 7 heteroatoms. The number of phenols is 1. The number of esters is 1. The minimum Gasteiger partial charge on any atom is -0.507 e. The van der Waals surface area contributed by atoms with Crippen LogP contribution in [0.5, 0.6) is 5.75 Å². The Labute approximate surface area is 209 Å². The number of hydrazone groups is 1. The zero-order valence-electron chi connectivity index (χ0n) is 20.1. The van der Waals surface area contributed by atoms with Gasteiger partial charge in [0.15, 0.2) is 0 Å². The van der Waals surface area contributed by atoms with E-state index in [1.165, 1.54) is 18.7 Å². The molecule has 7 nitrogen and oxygen atoms in total. The second-order valence-corrected chi connectivity index (χ2v) is 9.05. The Bertz CT molecular complexity index is 1380. The van der Waals surface area contributed by atoms with Crippen molar-refractivity contribution in [3.63, 3.8) is 0 Å². The molecular weight excluding hydrogens is 454 g/mol. The molecule has 3 atom stereocenters. The van der Waals surface area contributed by atoms with E-state index < -0.39 is 5.91 Å². The summed E-state index contributed by atoms with van der Waals surface area (Å²) >= 11 is 0. The van der Waals surface area contributed by atoms with Crippen molar-refractivity contribution >= 4 is 23.3 Å². The van der Waals surface area contributed by atoms with Crippen LogP contribution in [0.15, 0.2) is 84.0 Å². The number of allylic oxidation sites excluding steroid dienone is 2. The van der Waals surface area contributed by atoms with Gasteiger partial charge in [-0.2, -0.15) is 5.10 Å². The number of amides is 1. The zero-order chi connectivity index (χ0) is 25.2. The van der Waals surface area contributed by atoms with E-state index in [0.717, 1.165) is 23.2 Å². The second kappa shape index (κ2) is 9.70. The maximum Gasteiger partial charge on any atom is 0.337 e. The predicted molar refractivity (Wildman–Crippen MR) is 138 cm³/mol. The predicted octanol–water partition coefficient (Wildman–Crippen LogP) is 5.16. The van der Waals surface area contributed by atoms with E-state index in [-0.39, 0.29) is 29.2 Å². The van der Waals surface area contributed by atoms with Crippen LogP contribution in [0.1, 0.15) is 62.7 Å². The Hall–Kier alpha value is -4.39. The number of benzene rings is 3. The number of hydrogen-bond donors (Lipinski definition) is 3. The van der Waals surface area contributed by atoms with Crippen LogP contribution in [-0.4, -0.2) is 29.8 Å². The van der Waals surface area contributed by atoms with Gasteiger partial charge in [-0.1, -0.05) is 42.5 Å². The van der Waals surface area contributed by atoms with E-state index in [0.29, 0.717) is 17.2 Å². The first kappa shape index (κ1) is 23.4. The fraction of sp³-hybridized carbons (Fsp3) is 0.207. The lowest BCUT2D eigenvalue weighted by molar-refractivity contribution is 0.0600. The van der Waals surface area contributed by atoms with E-state index in [1.807, 2.05) is 43.3 Å². The molecule has 2 aliphatic rings. The molecule has 5 rings (SSSR count). The van der Waals surface area contributed by atoms with Gasteiger partial charge in [-0.25, -0.2) is 10.2 Å². The first-order valence-electron chi connectivity index (χ1n) is 11.8. The molecule has 182 valence electrons. The van der Waals surface area contributed by atoms with Crippen molar-refractivity contribution in [2.45, 2.75) is 25.3 Å². The summed E-state index contributed by atoms with van der Waals surface area (Å²) in [5, 5.41) is 17.9. The van der Waals surface area contributed by atoms with E-state index in [4.69, 9.17) is 4.74 Å². The molecule has 3 N–H and O–H groups in total. The minimum atomic E-state index is -0.466. The lowest BCUT2D eigenvalue weighted by atomic mass is 9.76. The summed E-state index contributed by atoms with van der Waals surface area (Å²) in [6.07, 6.45) is 5.44. The quantitative estimate of drug-likeness (QED) is 0.202. The van der Waals surface area contributed by atoms with Crippen LogP contribution in [0.2, 0.25) is 0 Å². The van der Waals surface area contributed by atoms with Crippen LogP contribution in [0, 0.1) is 5.92 Å².